The second-order valence-corrected chi connectivity index (χ2v) is 6.40. The van der Waals surface area contributed by atoms with Gasteiger partial charge in [-0.15, -0.1) is 0 Å². The average molecular weight is 386 g/mol. The zero-order chi connectivity index (χ0) is 19.4. The van der Waals surface area contributed by atoms with E-state index >= 15 is 0 Å². The van der Waals surface area contributed by atoms with Crippen molar-refractivity contribution >= 4 is 34.6 Å². The van der Waals surface area contributed by atoms with Gasteiger partial charge in [-0.25, -0.2) is 0 Å². The number of fused-ring (bicyclic) bond motifs is 1. The monoisotopic (exact) mass is 385 g/mol. The molecule has 5 nitrogen and oxygen atoms in total. The van der Waals surface area contributed by atoms with Gasteiger partial charge in [-0.2, -0.15) is 0 Å². The van der Waals surface area contributed by atoms with Crippen LogP contribution in [-0.4, -0.2) is 20.1 Å². The van der Waals surface area contributed by atoms with Crippen LogP contribution in [0, 0.1) is 0 Å². The maximum absolute atomic E-state index is 12.2. The number of ether oxygens (including phenoxy) is 2. The van der Waals surface area contributed by atoms with Crippen LogP contribution in [0.2, 0.25) is 5.02 Å². The van der Waals surface area contributed by atoms with E-state index < -0.39 is 0 Å². The van der Waals surface area contributed by atoms with Crippen LogP contribution >= 0.6 is 11.6 Å². The van der Waals surface area contributed by atoms with Gasteiger partial charge in [0.1, 0.15) is 11.3 Å². The van der Waals surface area contributed by atoms with Crippen LogP contribution in [0.3, 0.4) is 0 Å². The zero-order valence-electron chi connectivity index (χ0n) is 15.3. The number of carbonyl (C=O) groups excluding carboxylic acids is 1. The molecular formula is C21H20ClNO4. The Balaban J connectivity index is 1.70. The molecule has 0 bridgehead atoms. The molecule has 3 aromatic rings. The topological polar surface area (TPSA) is 60.7 Å². The molecule has 140 valence electrons. The van der Waals surface area contributed by atoms with Gasteiger partial charge in [-0.05, 0) is 42.8 Å². The Morgan fingerprint density at radius 3 is 2.67 bits per heavy atom. The van der Waals surface area contributed by atoms with Gasteiger partial charge in [-0.1, -0.05) is 29.8 Å². The molecule has 0 aliphatic heterocycles. The lowest BCUT2D eigenvalue weighted by atomic mass is 10.1. The highest BCUT2D eigenvalue weighted by Gasteiger charge is 2.13. The third-order valence-electron chi connectivity index (χ3n) is 4.11. The molecule has 0 unspecified atom stereocenters. The summed E-state index contributed by atoms with van der Waals surface area (Å²) in [6.45, 7) is 1.87. The van der Waals surface area contributed by atoms with Gasteiger partial charge >= 0.3 is 0 Å². The van der Waals surface area contributed by atoms with Crippen molar-refractivity contribution in [3.05, 3.63) is 64.9 Å². The number of hydrogen-bond acceptors (Lipinski definition) is 4. The predicted octanol–water partition coefficient (Wildman–Crippen LogP) is 4.99. The molecule has 6 heteroatoms. The maximum Gasteiger partial charge on any atom is 0.244 e. The summed E-state index contributed by atoms with van der Waals surface area (Å²) in [4.78, 5) is 12.2. The van der Waals surface area contributed by atoms with E-state index in [1.165, 1.54) is 20.3 Å². The normalized spacial score (nSPS) is 12.3. The summed E-state index contributed by atoms with van der Waals surface area (Å²) in [5.41, 5.74) is 1.52. The van der Waals surface area contributed by atoms with Gasteiger partial charge in [0.25, 0.3) is 0 Å². The fourth-order valence-electron chi connectivity index (χ4n) is 2.75. The standard InChI is InChI=1S/C21H20ClNO4/c1-13(18-12-15-6-4-5-7-17(15)27-18)23-20(24)9-8-14-10-16(22)21(26-3)19(11-14)25-2/h4-13H,1-3H3,(H,23,24)/b9-8+/t13-/m1/s1. The van der Waals surface area contributed by atoms with Crippen LogP contribution in [0.1, 0.15) is 24.3 Å². The summed E-state index contributed by atoms with van der Waals surface area (Å²) in [5, 5.41) is 4.30. The maximum atomic E-state index is 12.2. The SMILES string of the molecule is COc1cc(/C=C/C(=O)N[C@H](C)c2cc3ccccc3o2)cc(Cl)c1OC. The lowest BCUT2D eigenvalue weighted by Gasteiger charge is -2.11. The second kappa shape index (κ2) is 8.18. The molecule has 1 aromatic heterocycles. The zero-order valence-corrected chi connectivity index (χ0v) is 16.0. The number of benzene rings is 2. The molecule has 0 radical (unpaired) electrons. The largest absolute Gasteiger partial charge is 0.493 e. The van der Waals surface area contributed by atoms with E-state index in [1.54, 1.807) is 18.2 Å². The molecule has 1 heterocycles. The van der Waals surface area contributed by atoms with E-state index in [9.17, 15) is 4.79 Å². The van der Waals surface area contributed by atoms with Crippen LogP contribution < -0.4 is 14.8 Å². The molecule has 0 saturated carbocycles. The lowest BCUT2D eigenvalue weighted by Crippen LogP contribution is -2.24. The highest BCUT2D eigenvalue weighted by atomic mass is 35.5. The van der Waals surface area contributed by atoms with Crippen molar-refractivity contribution in [3.63, 3.8) is 0 Å². The van der Waals surface area contributed by atoms with Crippen LogP contribution in [0.25, 0.3) is 17.0 Å². The predicted molar refractivity (Wildman–Crippen MR) is 106 cm³/mol. The van der Waals surface area contributed by atoms with Crippen molar-refractivity contribution in [2.75, 3.05) is 14.2 Å². The lowest BCUT2D eigenvalue weighted by molar-refractivity contribution is -0.117. The Bertz CT molecular complexity index is 960. The number of furan rings is 1. The van der Waals surface area contributed by atoms with Crippen LogP contribution in [0.5, 0.6) is 11.5 Å². The van der Waals surface area contributed by atoms with E-state index in [0.29, 0.717) is 22.3 Å². The highest BCUT2D eigenvalue weighted by molar-refractivity contribution is 6.32. The van der Waals surface area contributed by atoms with Crippen molar-refractivity contribution in [2.24, 2.45) is 0 Å². The Morgan fingerprint density at radius 1 is 1.19 bits per heavy atom. The minimum Gasteiger partial charge on any atom is -0.493 e. The molecule has 1 amide bonds. The van der Waals surface area contributed by atoms with E-state index in [-0.39, 0.29) is 11.9 Å². The molecule has 2 aromatic carbocycles. The highest BCUT2D eigenvalue weighted by Crippen LogP contribution is 2.36. The number of hydrogen-bond donors (Lipinski definition) is 1. The summed E-state index contributed by atoms with van der Waals surface area (Å²) < 4.78 is 16.2. The van der Waals surface area contributed by atoms with Gasteiger partial charge in [0.2, 0.25) is 5.91 Å². The Labute approximate surface area is 162 Å². The Kier molecular flexibility index (Phi) is 5.72. The van der Waals surface area contributed by atoms with E-state index in [1.807, 2.05) is 37.3 Å². The van der Waals surface area contributed by atoms with Gasteiger partial charge in [0.15, 0.2) is 11.5 Å². The molecule has 3 rings (SSSR count). The fraction of sp³-hybridized carbons (Fsp3) is 0.190. The number of para-hydroxylation sites is 1. The number of amides is 1. The van der Waals surface area contributed by atoms with E-state index in [4.69, 9.17) is 25.5 Å². The summed E-state index contributed by atoms with van der Waals surface area (Å²) in [5.74, 6) is 1.42. The average Bonchev–Trinajstić information content (AvgIpc) is 3.10. The van der Waals surface area contributed by atoms with Gasteiger partial charge < -0.3 is 19.2 Å². The smallest absolute Gasteiger partial charge is 0.244 e. The number of halogens is 1. The molecular weight excluding hydrogens is 366 g/mol. The van der Waals surface area contributed by atoms with Crippen LogP contribution in [0.15, 0.2) is 53.0 Å². The third-order valence-corrected chi connectivity index (χ3v) is 4.39. The molecule has 0 aliphatic carbocycles. The number of carbonyl (C=O) groups is 1. The first-order valence-electron chi connectivity index (χ1n) is 8.40. The first kappa shape index (κ1) is 18.9. The van der Waals surface area contributed by atoms with Crippen LogP contribution in [0.4, 0.5) is 0 Å². The van der Waals surface area contributed by atoms with E-state index in [0.717, 1.165) is 16.5 Å². The first-order chi connectivity index (χ1) is 13.0. The minimum absolute atomic E-state index is 0.242. The Hall–Kier alpha value is -2.92. The third kappa shape index (κ3) is 4.26. The summed E-state index contributed by atoms with van der Waals surface area (Å²) in [7, 11) is 3.05. The molecule has 1 N–H and O–H groups in total. The molecule has 1 atom stereocenters. The molecule has 0 spiro atoms. The van der Waals surface area contributed by atoms with Crippen molar-refractivity contribution in [3.8, 4) is 11.5 Å². The fourth-order valence-corrected chi connectivity index (χ4v) is 3.05. The van der Waals surface area contributed by atoms with Gasteiger partial charge in [0, 0.05) is 11.5 Å². The van der Waals surface area contributed by atoms with E-state index in [2.05, 4.69) is 5.32 Å². The summed E-state index contributed by atoms with van der Waals surface area (Å²) >= 11 is 6.18. The quantitative estimate of drug-likeness (QED) is 0.607. The van der Waals surface area contributed by atoms with Crippen molar-refractivity contribution in [1.82, 2.24) is 5.32 Å². The van der Waals surface area contributed by atoms with Gasteiger partial charge in [0.05, 0.1) is 25.3 Å². The minimum atomic E-state index is -0.261. The summed E-state index contributed by atoms with van der Waals surface area (Å²) in [6, 6.07) is 12.8. The second-order valence-electron chi connectivity index (χ2n) is 5.99. The number of nitrogens with one attached hydrogen (secondary N) is 1. The van der Waals surface area contributed by atoms with Crippen molar-refractivity contribution < 1.29 is 18.7 Å². The number of rotatable bonds is 6. The first-order valence-corrected chi connectivity index (χ1v) is 8.78. The van der Waals surface area contributed by atoms with Crippen molar-refractivity contribution in [1.29, 1.82) is 0 Å². The Morgan fingerprint density at radius 2 is 1.96 bits per heavy atom. The summed E-state index contributed by atoms with van der Waals surface area (Å²) in [6.07, 6.45) is 3.10. The number of methoxy groups -OCH3 is 2. The molecule has 0 fully saturated rings. The molecule has 0 saturated heterocycles. The van der Waals surface area contributed by atoms with Gasteiger partial charge in [-0.3, -0.25) is 4.79 Å². The van der Waals surface area contributed by atoms with Crippen molar-refractivity contribution in [2.45, 2.75) is 13.0 Å². The molecule has 0 aliphatic rings. The van der Waals surface area contributed by atoms with Crippen LogP contribution in [-0.2, 0) is 4.79 Å². The molecule has 27 heavy (non-hydrogen) atoms.